The second kappa shape index (κ2) is 7.96. The van der Waals surface area contributed by atoms with E-state index in [0.29, 0.717) is 0 Å². The molecule has 0 N–H and O–H groups in total. The van der Waals surface area contributed by atoms with Gasteiger partial charge in [-0.2, -0.15) is 12.6 Å². The van der Waals surface area contributed by atoms with Gasteiger partial charge >= 0.3 is 0 Å². The third-order valence-corrected chi connectivity index (χ3v) is 4.14. The van der Waals surface area contributed by atoms with Crippen molar-refractivity contribution in [1.29, 1.82) is 0 Å². The Labute approximate surface area is 121 Å². The van der Waals surface area contributed by atoms with E-state index in [1.165, 1.54) is 12.8 Å². The van der Waals surface area contributed by atoms with Gasteiger partial charge in [-0.05, 0) is 36.8 Å². The van der Waals surface area contributed by atoms with Crippen LogP contribution in [0.25, 0.3) is 0 Å². The average molecular weight is 287 g/mol. The molecule has 1 nitrogen and oxygen atoms in total. The summed E-state index contributed by atoms with van der Waals surface area (Å²) in [6, 6.07) is 7.59. The molecule has 0 radical (unpaired) electrons. The highest BCUT2D eigenvalue weighted by Gasteiger charge is 2.27. The predicted octanol–water partition coefficient (Wildman–Crippen LogP) is 5.24. The van der Waals surface area contributed by atoms with Crippen molar-refractivity contribution in [3.63, 3.8) is 0 Å². The molecule has 0 fully saturated rings. The molecule has 1 aromatic carbocycles. The molecule has 18 heavy (non-hydrogen) atoms. The average Bonchev–Trinajstić information content (AvgIpc) is 2.37. The smallest absolute Gasteiger partial charge is 0.120 e. The highest BCUT2D eigenvalue weighted by Crippen LogP contribution is 2.32. The molecule has 102 valence electrons. The van der Waals surface area contributed by atoms with E-state index in [-0.39, 0.29) is 5.41 Å². The van der Waals surface area contributed by atoms with Gasteiger partial charge in [0.25, 0.3) is 0 Å². The minimum absolute atomic E-state index is 0.189. The molecule has 0 spiro atoms. The summed E-state index contributed by atoms with van der Waals surface area (Å²) in [7, 11) is 0. The lowest BCUT2D eigenvalue weighted by Gasteiger charge is -2.31. The minimum Gasteiger partial charge on any atom is -0.493 e. The van der Waals surface area contributed by atoms with Crippen molar-refractivity contribution in [3.8, 4) is 5.75 Å². The number of thiol groups is 1. The monoisotopic (exact) mass is 286 g/mol. The number of hydrogen-bond acceptors (Lipinski definition) is 2. The maximum atomic E-state index is 5.96. The molecular formula is C15H23ClOS. The van der Waals surface area contributed by atoms with Crippen LogP contribution >= 0.6 is 24.2 Å². The van der Waals surface area contributed by atoms with Crippen LogP contribution < -0.4 is 4.74 Å². The summed E-state index contributed by atoms with van der Waals surface area (Å²) < 4.78 is 5.92. The first-order chi connectivity index (χ1) is 8.65. The van der Waals surface area contributed by atoms with Crippen LogP contribution in [-0.2, 0) is 0 Å². The quantitative estimate of drug-likeness (QED) is 0.643. The van der Waals surface area contributed by atoms with Gasteiger partial charge < -0.3 is 4.74 Å². The molecule has 0 aliphatic carbocycles. The van der Waals surface area contributed by atoms with Gasteiger partial charge in [0.1, 0.15) is 5.75 Å². The minimum atomic E-state index is 0.189. The first kappa shape index (κ1) is 15.7. The third-order valence-electron chi connectivity index (χ3n) is 3.24. The Bertz CT molecular complexity index is 348. The van der Waals surface area contributed by atoms with Gasteiger partial charge in [-0.25, -0.2) is 0 Å². The molecule has 3 heteroatoms. The molecular weight excluding hydrogens is 264 g/mol. The zero-order valence-electron chi connectivity index (χ0n) is 11.3. The summed E-state index contributed by atoms with van der Waals surface area (Å²) >= 11 is 10.5. The van der Waals surface area contributed by atoms with Crippen molar-refractivity contribution in [1.82, 2.24) is 0 Å². The SMILES string of the molecule is CCCC(CS)(CCC)COc1cccc(Cl)c1. The summed E-state index contributed by atoms with van der Waals surface area (Å²) in [5.41, 5.74) is 0.189. The number of benzene rings is 1. The number of hydrogen-bond donors (Lipinski definition) is 1. The zero-order chi connectivity index (χ0) is 13.4. The van der Waals surface area contributed by atoms with Crippen LogP contribution in [-0.4, -0.2) is 12.4 Å². The summed E-state index contributed by atoms with van der Waals surface area (Å²) in [5.74, 6) is 1.72. The standard InChI is InChI=1S/C15H23ClOS/c1-3-8-15(12-18,9-4-2)11-17-14-7-5-6-13(16)10-14/h5-7,10,18H,3-4,8-9,11-12H2,1-2H3. The molecule has 0 aliphatic heterocycles. The lowest BCUT2D eigenvalue weighted by molar-refractivity contribution is 0.143. The van der Waals surface area contributed by atoms with Gasteiger partial charge in [-0.15, -0.1) is 0 Å². The van der Waals surface area contributed by atoms with Gasteiger partial charge in [0.05, 0.1) is 6.61 Å². The Balaban J connectivity index is 2.66. The summed E-state index contributed by atoms with van der Waals surface area (Å²) in [6.07, 6.45) is 4.65. The Hall–Kier alpha value is -0.340. The van der Waals surface area contributed by atoms with Crippen LogP contribution in [0.15, 0.2) is 24.3 Å². The van der Waals surface area contributed by atoms with Crippen molar-refractivity contribution in [2.45, 2.75) is 39.5 Å². The van der Waals surface area contributed by atoms with Gasteiger partial charge in [-0.3, -0.25) is 0 Å². The van der Waals surface area contributed by atoms with Crippen LogP contribution in [0.2, 0.25) is 5.02 Å². The van der Waals surface area contributed by atoms with E-state index < -0.39 is 0 Å². The Morgan fingerprint density at radius 3 is 2.39 bits per heavy atom. The van der Waals surface area contributed by atoms with E-state index in [1.807, 2.05) is 24.3 Å². The first-order valence-corrected chi connectivity index (χ1v) is 7.66. The lowest BCUT2D eigenvalue weighted by Crippen LogP contribution is -2.30. The van der Waals surface area contributed by atoms with E-state index in [2.05, 4.69) is 26.5 Å². The molecule has 0 heterocycles. The first-order valence-electron chi connectivity index (χ1n) is 6.65. The molecule has 0 amide bonds. The highest BCUT2D eigenvalue weighted by molar-refractivity contribution is 7.80. The van der Waals surface area contributed by atoms with Gasteiger partial charge in [0, 0.05) is 10.4 Å². The molecule has 0 unspecified atom stereocenters. The fourth-order valence-corrected chi connectivity index (χ4v) is 2.91. The molecule has 1 aromatic rings. The van der Waals surface area contributed by atoms with Crippen LogP contribution in [0.4, 0.5) is 0 Å². The summed E-state index contributed by atoms with van der Waals surface area (Å²) in [6.45, 7) is 5.15. The molecule has 0 saturated heterocycles. The molecule has 0 atom stereocenters. The van der Waals surface area contributed by atoms with Gasteiger partial charge in [0.2, 0.25) is 0 Å². The van der Waals surface area contributed by atoms with Crippen molar-refractivity contribution in [2.24, 2.45) is 5.41 Å². The Morgan fingerprint density at radius 1 is 1.22 bits per heavy atom. The van der Waals surface area contributed by atoms with Gasteiger partial charge in [-0.1, -0.05) is 44.4 Å². The van der Waals surface area contributed by atoms with Crippen molar-refractivity contribution >= 4 is 24.2 Å². The number of halogens is 1. The number of ether oxygens (including phenoxy) is 1. The van der Waals surface area contributed by atoms with E-state index in [4.69, 9.17) is 16.3 Å². The normalized spacial score (nSPS) is 11.6. The van der Waals surface area contributed by atoms with E-state index in [0.717, 1.165) is 36.0 Å². The second-order valence-electron chi connectivity index (χ2n) is 4.90. The molecule has 0 aromatic heterocycles. The van der Waals surface area contributed by atoms with Crippen LogP contribution in [0.3, 0.4) is 0 Å². The second-order valence-corrected chi connectivity index (χ2v) is 5.66. The van der Waals surface area contributed by atoms with Crippen LogP contribution in [0.5, 0.6) is 5.75 Å². The molecule has 0 saturated carbocycles. The van der Waals surface area contributed by atoms with Gasteiger partial charge in [0.15, 0.2) is 0 Å². The summed E-state index contributed by atoms with van der Waals surface area (Å²) in [4.78, 5) is 0. The van der Waals surface area contributed by atoms with Crippen LogP contribution in [0, 0.1) is 5.41 Å². The third kappa shape index (κ3) is 4.74. The summed E-state index contributed by atoms with van der Waals surface area (Å²) in [5, 5.41) is 0.718. The largest absolute Gasteiger partial charge is 0.493 e. The zero-order valence-corrected chi connectivity index (χ0v) is 12.9. The highest BCUT2D eigenvalue weighted by atomic mass is 35.5. The molecule has 0 aliphatic rings. The maximum Gasteiger partial charge on any atom is 0.120 e. The fourth-order valence-electron chi connectivity index (χ4n) is 2.33. The van der Waals surface area contributed by atoms with E-state index >= 15 is 0 Å². The van der Waals surface area contributed by atoms with E-state index in [9.17, 15) is 0 Å². The van der Waals surface area contributed by atoms with Crippen molar-refractivity contribution < 1.29 is 4.74 Å². The molecule has 1 rings (SSSR count). The van der Waals surface area contributed by atoms with Crippen molar-refractivity contribution in [3.05, 3.63) is 29.3 Å². The topological polar surface area (TPSA) is 9.23 Å². The maximum absolute atomic E-state index is 5.96. The predicted molar refractivity (Wildman–Crippen MR) is 83.0 cm³/mol. The lowest BCUT2D eigenvalue weighted by atomic mass is 9.82. The van der Waals surface area contributed by atoms with Crippen LogP contribution in [0.1, 0.15) is 39.5 Å². The number of rotatable bonds is 8. The Morgan fingerprint density at radius 2 is 1.89 bits per heavy atom. The van der Waals surface area contributed by atoms with E-state index in [1.54, 1.807) is 0 Å². The fraction of sp³-hybridized carbons (Fsp3) is 0.600. The Kier molecular flexibility index (Phi) is 6.95. The molecule has 0 bridgehead atoms. The van der Waals surface area contributed by atoms with Crippen molar-refractivity contribution in [2.75, 3.05) is 12.4 Å².